The van der Waals surface area contributed by atoms with E-state index in [0.717, 1.165) is 51.6 Å². The largest absolute Gasteiger partial charge is 0.477 e. The first-order valence-corrected chi connectivity index (χ1v) is 12.9. The maximum absolute atomic E-state index is 11.3. The molecule has 0 aliphatic carbocycles. The van der Waals surface area contributed by atoms with E-state index >= 15 is 0 Å². The van der Waals surface area contributed by atoms with Crippen LogP contribution in [0.4, 0.5) is 0 Å². The second-order valence-corrected chi connectivity index (χ2v) is 9.98. The number of hydrogen-bond acceptors (Lipinski definition) is 3. The van der Waals surface area contributed by atoms with E-state index in [0.29, 0.717) is 4.48 Å². The van der Waals surface area contributed by atoms with E-state index in [1.165, 1.54) is 57.8 Å². The maximum Gasteiger partial charge on any atom is 0.362 e. The predicted octanol–water partition coefficient (Wildman–Crippen LogP) is 5.52. The molecule has 5 heteroatoms. The molecule has 2 atom stereocenters. The second kappa shape index (κ2) is 19.8. The Balaban J connectivity index is 3.41. The molecule has 0 amide bonds. The number of aliphatic hydroxyl groups is 1. The van der Waals surface area contributed by atoms with Crippen molar-refractivity contribution in [3.05, 3.63) is 12.2 Å². The van der Waals surface area contributed by atoms with E-state index in [1.54, 1.807) is 0 Å². The first kappa shape index (κ1) is 30.1. The van der Waals surface area contributed by atoms with Crippen molar-refractivity contribution in [2.24, 2.45) is 0 Å². The van der Waals surface area contributed by atoms with Gasteiger partial charge in [0.1, 0.15) is 0 Å². The third-order valence-corrected chi connectivity index (χ3v) is 5.99. The number of rotatable bonds is 22. The van der Waals surface area contributed by atoms with Crippen molar-refractivity contribution in [2.45, 2.75) is 115 Å². The van der Waals surface area contributed by atoms with Crippen LogP contribution in [-0.4, -0.2) is 67.0 Å². The van der Waals surface area contributed by atoms with Crippen LogP contribution in [0, 0.1) is 0 Å². The highest BCUT2D eigenvalue weighted by Gasteiger charge is 2.30. The summed E-state index contributed by atoms with van der Waals surface area (Å²) < 4.78 is 0.478. The van der Waals surface area contributed by atoms with Crippen LogP contribution in [0.3, 0.4) is 0 Å². The fraction of sp³-hybridized carbons (Fsp3) is 0.885. The van der Waals surface area contributed by atoms with Crippen molar-refractivity contribution < 1.29 is 19.5 Å². The van der Waals surface area contributed by atoms with Gasteiger partial charge in [0.25, 0.3) is 0 Å². The van der Waals surface area contributed by atoms with Crippen molar-refractivity contribution in [2.75, 3.05) is 34.2 Å². The number of unbranched alkanes of at least 4 members (excludes halogenated alkanes) is 9. The number of nitrogens with zero attached hydrogens (tertiary/aromatic N) is 1. The molecule has 0 bridgehead atoms. The molecule has 0 aromatic heterocycles. The van der Waals surface area contributed by atoms with Crippen molar-refractivity contribution in [1.82, 2.24) is 5.32 Å². The van der Waals surface area contributed by atoms with Gasteiger partial charge in [0.15, 0.2) is 6.04 Å². The third-order valence-electron chi connectivity index (χ3n) is 5.99. The van der Waals surface area contributed by atoms with E-state index in [4.69, 9.17) is 0 Å². The van der Waals surface area contributed by atoms with Crippen molar-refractivity contribution >= 4 is 5.97 Å². The standard InChI is InChI=1S/C26H52N2O3/c1-5-6-7-15-19-24(29)20-16-13-11-9-8-10-12-14-17-22-27-23-18-21-25(26(30)31)28(2,3)4/h13,16,24-25,27,29H,5-12,14-15,17-23H2,1-4H3/p+1/b16-13-/t24-,25?/m1/s1. The molecule has 184 valence electrons. The van der Waals surface area contributed by atoms with Crippen molar-refractivity contribution in [1.29, 1.82) is 0 Å². The van der Waals surface area contributed by atoms with Crippen LogP contribution < -0.4 is 5.32 Å². The summed E-state index contributed by atoms with van der Waals surface area (Å²) in [5.74, 6) is -0.696. The van der Waals surface area contributed by atoms with Crippen LogP contribution in [-0.2, 0) is 4.79 Å². The molecule has 0 aliphatic heterocycles. The van der Waals surface area contributed by atoms with Crippen LogP contribution >= 0.6 is 0 Å². The lowest BCUT2D eigenvalue weighted by atomic mass is 10.1. The lowest BCUT2D eigenvalue weighted by molar-refractivity contribution is -0.887. The quantitative estimate of drug-likeness (QED) is 0.117. The molecule has 31 heavy (non-hydrogen) atoms. The fourth-order valence-corrected chi connectivity index (χ4v) is 3.90. The monoisotopic (exact) mass is 441 g/mol. The van der Waals surface area contributed by atoms with E-state index in [9.17, 15) is 15.0 Å². The Kier molecular flexibility index (Phi) is 19.2. The van der Waals surface area contributed by atoms with Gasteiger partial charge < -0.3 is 20.0 Å². The van der Waals surface area contributed by atoms with Crippen LogP contribution in [0.15, 0.2) is 12.2 Å². The van der Waals surface area contributed by atoms with Gasteiger partial charge in [0.05, 0.1) is 27.2 Å². The molecular formula is C26H53N2O3+. The Morgan fingerprint density at radius 1 is 0.839 bits per heavy atom. The van der Waals surface area contributed by atoms with Crippen molar-refractivity contribution in [3.63, 3.8) is 0 Å². The number of nitrogens with one attached hydrogen (secondary N) is 1. The fourth-order valence-electron chi connectivity index (χ4n) is 3.90. The van der Waals surface area contributed by atoms with Crippen LogP contribution in [0.1, 0.15) is 103 Å². The van der Waals surface area contributed by atoms with Crippen LogP contribution in [0.2, 0.25) is 0 Å². The lowest BCUT2D eigenvalue weighted by Gasteiger charge is -2.31. The topological polar surface area (TPSA) is 69.6 Å². The minimum Gasteiger partial charge on any atom is -0.477 e. The van der Waals surface area contributed by atoms with Gasteiger partial charge in [0, 0.05) is 6.42 Å². The minimum atomic E-state index is -0.696. The number of likely N-dealkylation sites (N-methyl/N-ethyl adjacent to an activating group) is 1. The summed E-state index contributed by atoms with van der Waals surface area (Å²) in [6, 6.07) is -0.322. The van der Waals surface area contributed by atoms with E-state index in [2.05, 4.69) is 24.4 Å². The van der Waals surface area contributed by atoms with Gasteiger partial charge in [-0.05, 0) is 51.6 Å². The SMILES string of the molecule is CCCCCC[C@@H](O)C/C=C\CCCCCCCCNCCCC(C(=O)O)[N+](C)(C)C. The molecular weight excluding hydrogens is 388 g/mol. The summed E-state index contributed by atoms with van der Waals surface area (Å²) in [6.45, 7) is 4.16. The lowest BCUT2D eigenvalue weighted by Crippen LogP contribution is -2.50. The Bertz CT molecular complexity index is 446. The molecule has 0 aromatic carbocycles. The molecule has 0 aliphatic rings. The summed E-state index contributed by atoms with van der Waals surface area (Å²) >= 11 is 0. The Labute approximate surface area is 192 Å². The number of hydrogen-bond donors (Lipinski definition) is 3. The summed E-state index contributed by atoms with van der Waals surface area (Å²) in [7, 11) is 5.84. The highest BCUT2D eigenvalue weighted by molar-refractivity contribution is 5.72. The van der Waals surface area contributed by atoms with Gasteiger partial charge >= 0.3 is 5.97 Å². The predicted molar refractivity (Wildman–Crippen MR) is 132 cm³/mol. The number of aliphatic carboxylic acids is 1. The Morgan fingerprint density at radius 3 is 2.10 bits per heavy atom. The Hall–Kier alpha value is -0.910. The molecule has 0 radical (unpaired) electrons. The number of allylic oxidation sites excluding steroid dienone is 1. The minimum absolute atomic E-state index is 0.155. The van der Waals surface area contributed by atoms with Gasteiger partial charge in [0.2, 0.25) is 0 Å². The van der Waals surface area contributed by atoms with Gasteiger partial charge in [-0.1, -0.05) is 70.4 Å². The summed E-state index contributed by atoms with van der Waals surface area (Å²) in [5, 5.41) is 22.7. The molecule has 0 aromatic rings. The first-order valence-electron chi connectivity index (χ1n) is 12.9. The zero-order valence-electron chi connectivity index (χ0n) is 21.1. The maximum atomic E-state index is 11.3. The zero-order valence-corrected chi connectivity index (χ0v) is 21.1. The number of aliphatic hydroxyl groups excluding tert-OH is 1. The first-order chi connectivity index (χ1) is 14.8. The number of carboxylic acids is 1. The second-order valence-electron chi connectivity index (χ2n) is 9.98. The van der Waals surface area contributed by atoms with Gasteiger partial charge in [-0.25, -0.2) is 4.79 Å². The molecule has 1 unspecified atom stereocenters. The average Bonchev–Trinajstić information content (AvgIpc) is 2.69. The van der Waals surface area contributed by atoms with Crippen molar-refractivity contribution in [3.8, 4) is 0 Å². The van der Waals surface area contributed by atoms with Gasteiger partial charge in [-0.3, -0.25) is 0 Å². The van der Waals surface area contributed by atoms with E-state index in [1.807, 2.05) is 21.1 Å². The van der Waals surface area contributed by atoms with Crippen LogP contribution in [0.25, 0.3) is 0 Å². The smallest absolute Gasteiger partial charge is 0.362 e. The van der Waals surface area contributed by atoms with Crippen LogP contribution in [0.5, 0.6) is 0 Å². The molecule has 0 saturated carbocycles. The highest BCUT2D eigenvalue weighted by atomic mass is 16.4. The normalized spacial score (nSPS) is 14.2. The molecule has 5 nitrogen and oxygen atoms in total. The van der Waals surface area contributed by atoms with E-state index in [-0.39, 0.29) is 12.1 Å². The van der Waals surface area contributed by atoms with Gasteiger partial charge in [-0.2, -0.15) is 0 Å². The summed E-state index contributed by atoms with van der Waals surface area (Å²) in [5.41, 5.74) is 0. The molecule has 0 rings (SSSR count). The number of quaternary nitrogens is 1. The molecule has 0 heterocycles. The number of carbonyl (C=O) groups is 1. The third kappa shape index (κ3) is 19.5. The molecule has 0 spiro atoms. The molecule has 0 saturated heterocycles. The molecule has 0 fully saturated rings. The number of carboxylic acid groups (broad SMARTS) is 1. The van der Waals surface area contributed by atoms with Gasteiger partial charge in [-0.15, -0.1) is 0 Å². The summed E-state index contributed by atoms with van der Waals surface area (Å²) in [6.07, 6.45) is 21.3. The average molecular weight is 442 g/mol. The van der Waals surface area contributed by atoms with E-state index < -0.39 is 5.97 Å². The summed E-state index contributed by atoms with van der Waals surface area (Å²) in [4.78, 5) is 11.3. The Morgan fingerprint density at radius 2 is 1.45 bits per heavy atom. The zero-order chi connectivity index (χ0) is 23.4. The molecule has 3 N–H and O–H groups in total. The highest BCUT2D eigenvalue weighted by Crippen LogP contribution is 2.11.